The quantitative estimate of drug-likeness (QED) is 0.650. The highest BCUT2D eigenvalue weighted by Gasteiger charge is 2.36. The van der Waals surface area contributed by atoms with Crippen molar-refractivity contribution in [3.05, 3.63) is 65.7 Å². The molecule has 0 aromatic heterocycles. The van der Waals surface area contributed by atoms with E-state index in [-0.39, 0.29) is 22.9 Å². The second-order valence-electron chi connectivity index (χ2n) is 8.69. The monoisotopic (exact) mass is 469 g/mol. The summed E-state index contributed by atoms with van der Waals surface area (Å²) in [5, 5.41) is 12.5. The van der Waals surface area contributed by atoms with E-state index in [0.717, 1.165) is 50.8 Å². The molecule has 0 aliphatic carbocycles. The molecule has 8 heteroatoms. The van der Waals surface area contributed by atoms with Crippen molar-refractivity contribution >= 4 is 16.0 Å². The van der Waals surface area contributed by atoms with Crippen LogP contribution in [0.15, 0.2) is 59.5 Å². The van der Waals surface area contributed by atoms with E-state index in [4.69, 9.17) is 9.81 Å². The third-order valence-electron chi connectivity index (χ3n) is 6.21. The van der Waals surface area contributed by atoms with E-state index in [1.165, 1.54) is 17.7 Å². The summed E-state index contributed by atoms with van der Waals surface area (Å²) in [5.74, 6) is 0.684. The van der Waals surface area contributed by atoms with Crippen LogP contribution in [0, 0.1) is 24.2 Å². The van der Waals surface area contributed by atoms with Crippen molar-refractivity contribution in [1.29, 1.82) is 5.26 Å². The lowest BCUT2D eigenvalue weighted by atomic mass is 9.96. The zero-order valence-electron chi connectivity index (χ0n) is 18.9. The van der Waals surface area contributed by atoms with Gasteiger partial charge < -0.3 is 10.2 Å². The molecular formula is C25H31N3O4S. The number of rotatable bonds is 5. The first-order valence-corrected chi connectivity index (χ1v) is 12.7. The lowest BCUT2D eigenvalue weighted by molar-refractivity contribution is -0.133. The molecule has 2 aromatic carbocycles. The summed E-state index contributed by atoms with van der Waals surface area (Å²) in [5.41, 5.74) is 2.32. The highest BCUT2D eigenvalue weighted by molar-refractivity contribution is 7.85. The van der Waals surface area contributed by atoms with E-state index in [1.807, 2.05) is 13.0 Å². The largest absolute Gasteiger partial charge is 0.325 e. The van der Waals surface area contributed by atoms with Gasteiger partial charge >= 0.3 is 0 Å². The molecule has 0 unspecified atom stereocenters. The van der Waals surface area contributed by atoms with Crippen LogP contribution in [-0.4, -0.2) is 49.0 Å². The van der Waals surface area contributed by atoms with Gasteiger partial charge in [-0.1, -0.05) is 48.0 Å². The Morgan fingerprint density at radius 2 is 1.88 bits per heavy atom. The molecule has 1 amide bonds. The summed E-state index contributed by atoms with van der Waals surface area (Å²) in [7, 11) is -4.02. The zero-order chi connectivity index (χ0) is 23.8. The smallest absolute Gasteiger partial charge is 0.294 e. The number of nitrogens with one attached hydrogen (secondary N) is 1. The van der Waals surface area contributed by atoms with Crippen molar-refractivity contribution in [3.8, 4) is 6.07 Å². The van der Waals surface area contributed by atoms with Gasteiger partial charge in [0, 0.05) is 6.54 Å². The first-order chi connectivity index (χ1) is 15.8. The number of amides is 1. The molecule has 33 heavy (non-hydrogen) atoms. The van der Waals surface area contributed by atoms with Gasteiger partial charge in [-0.05, 0) is 69.2 Å². The summed E-state index contributed by atoms with van der Waals surface area (Å²) >= 11 is 0. The summed E-state index contributed by atoms with van der Waals surface area (Å²) < 4.78 is 29.6. The maximum absolute atomic E-state index is 12.5. The van der Waals surface area contributed by atoms with Crippen LogP contribution in [0.2, 0.25) is 0 Å². The third-order valence-corrected chi connectivity index (χ3v) is 7.08. The van der Waals surface area contributed by atoms with Gasteiger partial charge in [0.1, 0.15) is 6.04 Å². The Morgan fingerprint density at radius 1 is 1.18 bits per heavy atom. The van der Waals surface area contributed by atoms with Crippen molar-refractivity contribution in [2.45, 2.75) is 56.0 Å². The predicted molar refractivity (Wildman–Crippen MR) is 126 cm³/mol. The summed E-state index contributed by atoms with van der Waals surface area (Å²) in [4.78, 5) is 14.3. The Morgan fingerprint density at radius 3 is 2.52 bits per heavy atom. The average Bonchev–Trinajstić information content (AvgIpc) is 3.48. The van der Waals surface area contributed by atoms with Crippen molar-refractivity contribution in [3.63, 3.8) is 0 Å². The van der Waals surface area contributed by atoms with Crippen LogP contribution in [0.4, 0.5) is 0 Å². The van der Waals surface area contributed by atoms with Gasteiger partial charge in [-0.25, -0.2) is 0 Å². The molecule has 7 nitrogen and oxygen atoms in total. The summed E-state index contributed by atoms with van der Waals surface area (Å²) in [6, 6.07) is 18.4. The Bertz CT molecular complexity index is 1070. The fourth-order valence-electron chi connectivity index (χ4n) is 4.31. The molecule has 2 aromatic rings. The Balaban J connectivity index is 0.000000235. The normalized spacial score (nSPS) is 22.3. The Hall–Kier alpha value is -2.73. The molecule has 2 N–H and O–H groups in total. The lowest BCUT2D eigenvalue weighted by Crippen LogP contribution is -2.45. The number of nitrogens with zero attached hydrogens (tertiary/aromatic N) is 2. The second kappa shape index (κ2) is 11.4. The van der Waals surface area contributed by atoms with Crippen molar-refractivity contribution in [2.24, 2.45) is 5.92 Å². The van der Waals surface area contributed by atoms with Crippen LogP contribution in [0.5, 0.6) is 0 Å². The number of hydrogen-bond donors (Lipinski definition) is 2. The predicted octanol–water partition coefficient (Wildman–Crippen LogP) is 3.35. The van der Waals surface area contributed by atoms with Crippen LogP contribution in [0.3, 0.4) is 0 Å². The lowest BCUT2D eigenvalue weighted by Gasteiger charge is -2.23. The molecule has 0 radical (unpaired) electrons. The van der Waals surface area contributed by atoms with Gasteiger partial charge in [-0.3, -0.25) is 9.35 Å². The molecule has 0 bridgehead atoms. The Kier molecular flexibility index (Phi) is 8.61. The molecule has 2 aliphatic heterocycles. The molecule has 2 heterocycles. The van der Waals surface area contributed by atoms with Gasteiger partial charge in [0.25, 0.3) is 10.1 Å². The van der Waals surface area contributed by atoms with Crippen LogP contribution in [0.1, 0.15) is 36.8 Å². The maximum atomic E-state index is 12.5. The van der Waals surface area contributed by atoms with E-state index in [1.54, 1.807) is 17.0 Å². The fraction of sp³-hybridized carbons (Fsp3) is 0.440. The minimum absolute atomic E-state index is 0.0666. The van der Waals surface area contributed by atoms with Crippen molar-refractivity contribution < 1.29 is 17.8 Å². The van der Waals surface area contributed by atoms with E-state index in [2.05, 4.69) is 35.7 Å². The third kappa shape index (κ3) is 7.13. The number of benzene rings is 2. The first kappa shape index (κ1) is 24.9. The minimum Gasteiger partial charge on any atom is -0.325 e. The number of nitriles is 1. The molecule has 3 atom stereocenters. The average molecular weight is 470 g/mol. The topological polar surface area (TPSA) is 110 Å². The minimum atomic E-state index is -4.02. The molecule has 0 spiro atoms. The molecule has 2 fully saturated rings. The van der Waals surface area contributed by atoms with E-state index in [9.17, 15) is 13.2 Å². The van der Waals surface area contributed by atoms with Crippen LogP contribution in [0.25, 0.3) is 0 Å². The number of likely N-dealkylation sites (tertiary alicyclic amines) is 1. The van der Waals surface area contributed by atoms with Crippen LogP contribution in [-0.2, 0) is 21.3 Å². The number of aryl methyl sites for hydroxylation is 2. The second-order valence-corrected chi connectivity index (χ2v) is 10.1. The molecule has 176 valence electrons. The summed E-state index contributed by atoms with van der Waals surface area (Å²) in [6.07, 6.45) is 4.86. The molecule has 4 rings (SSSR count). The maximum Gasteiger partial charge on any atom is 0.294 e. The van der Waals surface area contributed by atoms with E-state index in [0.29, 0.717) is 5.92 Å². The molecule has 0 saturated carbocycles. The van der Waals surface area contributed by atoms with Crippen molar-refractivity contribution in [2.75, 3.05) is 13.1 Å². The number of carbonyl (C=O) groups excluding carboxylic acids is 1. The van der Waals surface area contributed by atoms with Gasteiger partial charge in [0.05, 0.1) is 17.0 Å². The van der Waals surface area contributed by atoms with Gasteiger partial charge in [0.15, 0.2) is 0 Å². The molecule has 2 saturated heterocycles. The molecule has 2 aliphatic rings. The van der Waals surface area contributed by atoms with Gasteiger partial charge in [-0.15, -0.1) is 0 Å². The van der Waals surface area contributed by atoms with Gasteiger partial charge in [0.2, 0.25) is 5.91 Å². The Labute approximate surface area is 196 Å². The highest BCUT2D eigenvalue weighted by atomic mass is 32.2. The van der Waals surface area contributed by atoms with E-state index < -0.39 is 10.1 Å². The standard InChI is InChI=1S/C18H23N3O.C7H8O3S/c19-12-16-7-4-10-21(16)18(22)17-11-15(13-20-17)9-8-14-5-2-1-3-6-14;1-6-2-4-7(5-3-6)11(8,9)10/h1-3,5-6,15-17,20H,4,7-11,13H2;2-5H,1H3,(H,8,9,10)/t15-,16+,17+;/m1./s1. The van der Waals surface area contributed by atoms with E-state index >= 15 is 0 Å². The van der Waals surface area contributed by atoms with Gasteiger partial charge in [-0.2, -0.15) is 13.7 Å². The zero-order valence-corrected chi connectivity index (χ0v) is 19.7. The molecular weight excluding hydrogens is 438 g/mol. The van der Waals surface area contributed by atoms with Crippen molar-refractivity contribution in [1.82, 2.24) is 10.2 Å². The number of hydrogen-bond acceptors (Lipinski definition) is 5. The SMILES string of the molecule is Cc1ccc(S(=O)(=O)O)cc1.N#C[C@@H]1CCCN1C(=O)[C@@H]1C[C@@H](CCc2ccccc2)CN1. The number of carbonyl (C=O) groups is 1. The van der Waals surface area contributed by atoms with Crippen LogP contribution < -0.4 is 5.32 Å². The first-order valence-electron chi connectivity index (χ1n) is 11.3. The highest BCUT2D eigenvalue weighted by Crippen LogP contribution is 2.24. The fourth-order valence-corrected chi connectivity index (χ4v) is 4.79. The summed E-state index contributed by atoms with van der Waals surface area (Å²) in [6.45, 7) is 3.49. The van der Waals surface area contributed by atoms with Crippen LogP contribution >= 0.6 is 0 Å².